The molecule has 0 radical (unpaired) electrons. The van der Waals surface area contributed by atoms with Crippen LogP contribution in [-0.4, -0.2) is 57.2 Å². The van der Waals surface area contributed by atoms with Crippen LogP contribution in [0.2, 0.25) is 0 Å². The summed E-state index contributed by atoms with van der Waals surface area (Å²) in [4.78, 5) is 9.44. The molecule has 0 aromatic carbocycles. The van der Waals surface area contributed by atoms with Crippen LogP contribution in [0.4, 0.5) is 0 Å². The van der Waals surface area contributed by atoms with Gasteiger partial charge < -0.3 is 12.4 Å². The molecule has 0 atom stereocenters. The van der Waals surface area contributed by atoms with Gasteiger partial charge in [-0.1, -0.05) is 0 Å². The molecule has 0 spiro atoms. The summed E-state index contributed by atoms with van der Waals surface area (Å²) in [5.74, 6) is 0. The van der Waals surface area contributed by atoms with Crippen molar-refractivity contribution in [1.29, 1.82) is 0 Å². The fourth-order valence-electron chi connectivity index (χ4n) is 0.166. The molecule has 0 aliphatic rings. The zero-order chi connectivity index (χ0) is 4.83. The third-order valence-electron chi connectivity index (χ3n) is 0.390. The summed E-state index contributed by atoms with van der Waals surface area (Å²) in [5, 5.41) is 0. The van der Waals surface area contributed by atoms with Crippen LogP contribution in [-0.2, 0) is 9.53 Å². The van der Waals surface area contributed by atoms with Gasteiger partial charge in [0.25, 0.3) is 0 Å². The number of aldehydes is 1. The normalized spacial score (nSPS) is 7.00. The van der Waals surface area contributed by atoms with Gasteiger partial charge in [0.1, 0.15) is 12.9 Å². The second kappa shape index (κ2) is 10.00. The second-order valence-corrected chi connectivity index (χ2v) is 0.826. The summed E-state index contributed by atoms with van der Waals surface area (Å²) < 4.78 is 4.61. The predicted molar refractivity (Wildman–Crippen MR) is 30.5 cm³/mol. The molecule has 0 saturated heterocycles. The predicted octanol–water partition coefficient (Wildman–Crippen LogP) is 0.0660. The SMILES string of the molecule is CCOCC=O.[Ca+2].[H-].[H-]. The van der Waals surface area contributed by atoms with Crippen LogP contribution in [0, 0.1) is 0 Å². The summed E-state index contributed by atoms with van der Waals surface area (Å²) in [7, 11) is 0. The molecule has 3 heteroatoms. The van der Waals surface area contributed by atoms with E-state index in [0.29, 0.717) is 6.61 Å². The molecule has 0 aliphatic heterocycles. The van der Waals surface area contributed by atoms with E-state index in [2.05, 4.69) is 4.74 Å². The van der Waals surface area contributed by atoms with Gasteiger partial charge in [0.15, 0.2) is 0 Å². The molecule has 40 valence electrons. The van der Waals surface area contributed by atoms with Crippen molar-refractivity contribution in [2.75, 3.05) is 13.2 Å². The van der Waals surface area contributed by atoms with Gasteiger partial charge in [-0.3, -0.25) is 0 Å². The summed E-state index contributed by atoms with van der Waals surface area (Å²) in [6.07, 6.45) is 0.740. The van der Waals surface area contributed by atoms with Gasteiger partial charge >= 0.3 is 37.7 Å². The van der Waals surface area contributed by atoms with Crippen LogP contribution in [0.15, 0.2) is 0 Å². The van der Waals surface area contributed by atoms with Crippen molar-refractivity contribution in [3.63, 3.8) is 0 Å². The summed E-state index contributed by atoms with van der Waals surface area (Å²) in [5.41, 5.74) is 0. The van der Waals surface area contributed by atoms with Crippen molar-refractivity contribution < 1.29 is 12.4 Å². The summed E-state index contributed by atoms with van der Waals surface area (Å²) in [6, 6.07) is 0. The van der Waals surface area contributed by atoms with E-state index in [-0.39, 0.29) is 47.2 Å². The minimum absolute atomic E-state index is 0. The molecule has 0 fully saturated rings. The Bertz CT molecular complexity index is 45.5. The molecule has 2 nitrogen and oxygen atoms in total. The topological polar surface area (TPSA) is 26.3 Å². The Hall–Kier alpha value is 0.890. The van der Waals surface area contributed by atoms with Crippen molar-refractivity contribution in [3.05, 3.63) is 0 Å². The van der Waals surface area contributed by atoms with E-state index < -0.39 is 0 Å². The second-order valence-electron chi connectivity index (χ2n) is 0.826. The van der Waals surface area contributed by atoms with Gasteiger partial charge in [-0.15, -0.1) is 0 Å². The van der Waals surface area contributed by atoms with Crippen molar-refractivity contribution in [2.45, 2.75) is 6.92 Å². The van der Waals surface area contributed by atoms with Crippen molar-refractivity contribution >= 4 is 44.0 Å². The fraction of sp³-hybridized carbons (Fsp3) is 0.750. The molecule has 0 N–H and O–H groups in total. The fourth-order valence-corrected chi connectivity index (χ4v) is 0.166. The maximum atomic E-state index is 9.44. The van der Waals surface area contributed by atoms with Crippen LogP contribution in [0.25, 0.3) is 0 Å². The van der Waals surface area contributed by atoms with E-state index in [1.165, 1.54) is 0 Å². The van der Waals surface area contributed by atoms with Crippen LogP contribution >= 0.6 is 0 Å². The third kappa shape index (κ3) is 10.9. The first-order valence-electron chi connectivity index (χ1n) is 1.93. The van der Waals surface area contributed by atoms with Crippen LogP contribution in [0.1, 0.15) is 9.78 Å². The molecule has 7 heavy (non-hydrogen) atoms. The first-order chi connectivity index (χ1) is 2.91. The Morgan fingerprint density at radius 2 is 2.43 bits per heavy atom. The molecule has 0 amide bonds. The molecule has 0 aliphatic carbocycles. The third-order valence-corrected chi connectivity index (χ3v) is 0.390. The monoisotopic (exact) mass is 130 g/mol. The minimum atomic E-state index is 0. The first-order valence-corrected chi connectivity index (χ1v) is 1.93. The Balaban J connectivity index is -0.0000000417. The average molecular weight is 130 g/mol. The molecule has 0 unspecified atom stereocenters. The number of hydrogen-bond donors (Lipinski definition) is 0. The smallest absolute Gasteiger partial charge is 1.00 e. The van der Waals surface area contributed by atoms with E-state index in [1.807, 2.05) is 6.92 Å². The van der Waals surface area contributed by atoms with E-state index in [4.69, 9.17) is 0 Å². The van der Waals surface area contributed by atoms with Crippen molar-refractivity contribution in [3.8, 4) is 0 Å². The van der Waals surface area contributed by atoms with Gasteiger partial charge in [0.2, 0.25) is 0 Å². The van der Waals surface area contributed by atoms with Gasteiger partial charge in [0.05, 0.1) is 0 Å². The van der Waals surface area contributed by atoms with Crippen LogP contribution in [0.3, 0.4) is 0 Å². The van der Waals surface area contributed by atoms with Gasteiger partial charge in [-0.05, 0) is 6.92 Å². The van der Waals surface area contributed by atoms with Crippen LogP contribution < -0.4 is 0 Å². The van der Waals surface area contributed by atoms with Crippen molar-refractivity contribution in [2.24, 2.45) is 0 Å². The number of carbonyl (C=O) groups excluding carboxylic acids is 1. The Morgan fingerprint density at radius 1 is 1.86 bits per heavy atom. The maximum Gasteiger partial charge on any atom is 2.00 e. The quantitative estimate of drug-likeness (QED) is 0.307. The minimum Gasteiger partial charge on any atom is -1.00 e. The van der Waals surface area contributed by atoms with Gasteiger partial charge in [-0.2, -0.15) is 0 Å². The first kappa shape index (κ1) is 10.8. The van der Waals surface area contributed by atoms with E-state index in [9.17, 15) is 4.79 Å². The molecular weight excluding hydrogens is 120 g/mol. The van der Waals surface area contributed by atoms with E-state index in [1.54, 1.807) is 0 Å². The van der Waals surface area contributed by atoms with Gasteiger partial charge in [-0.25, -0.2) is 0 Å². The summed E-state index contributed by atoms with van der Waals surface area (Å²) >= 11 is 0. The van der Waals surface area contributed by atoms with E-state index >= 15 is 0 Å². The molecule has 0 bridgehead atoms. The van der Waals surface area contributed by atoms with Crippen molar-refractivity contribution in [1.82, 2.24) is 0 Å². The van der Waals surface area contributed by atoms with Gasteiger partial charge in [0, 0.05) is 6.61 Å². The Morgan fingerprint density at radius 3 is 2.57 bits per heavy atom. The molecule has 0 aromatic heterocycles. The molecule has 0 aromatic rings. The van der Waals surface area contributed by atoms with E-state index in [0.717, 1.165) is 6.29 Å². The Labute approximate surface area is 76.2 Å². The molecule has 0 saturated carbocycles. The molecular formula is C4H10CaO2. The molecule has 0 heterocycles. The van der Waals surface area contributed by atoms with Crippen LogP contribution in [0.5, 0.6) is 0 Å². The molecule has 0 rings (SSSR count). The average Bonchev–Trinajstić information content (AvgIpc) is 1.61. The number of carbonyl (C=O) groups is 1. The summed E-state index contributed by atoms with van der Waals surface area (Å²) in [6.45, 7) is 2.71. The largest absolute Gasteiger partial charge is 2.00 e. The standard InChI is InChI=1S/C4H8O2.Ca.2H/c1-2-6-4-3-5;;;/h3H,2,4H2,1H3;;;/q;+2;2*-1. The number of hydrogen-bond acceptors (Lipinski definition) is 2. The number of rotatable bonds is 3. The number of ether oxygens (including phenoxy) is 1. The maximum absolute atomic E-state index is 9.44. The zero-order valence-electron chi connectivity index (χ0n) is 6.52. The Kier molecular flexibility index (Phi) is 15.4. The zero-order valence-corrected chi connectivity index (χ0v) is 6.72.